The lowest BCUT2D eigenvalue weighted by molar-refractivity contribution is -0.0181. The minimum Gasteiger partial charge on any atom is -0.0999 e. The molecule has 0 saturated heterocycles. The van der Waals surface area contributed by atoms with Crippen LogP contribution in [0, 0.1) is 47.3 Å². The summed E-state index contributed by atoms with van der Waals surface area (Å²) in [7, 11) is 0. The molecule has 5 aliphatic rings. The molecule has 0 N–H and O–H groups in total. The number of fused-ring (bicyclic) bond motifs is 7. The van der Waals surface area contributed by atoms with E-state index in [1.807, 2.05) is 0 Å². The number of allylic oxidation sites excluding steroid dienone is 1. The molecule has 0 heterocycles. The van der Waals surface area contributed by atoms with Crippen molar-refractivity contribution in [2.45, 2.75) is 70.6 Å². The Labute approximate surface area is 130 Å². The second kappa shape index (κ2) is 4.87. The van der Waals surface area contributed by atoms with Gasteiger partial charge < -0.3 is 0 Å². The molecule has 5 rings (SSSR count). The molecule has 0 aromatic heterocycles. The fourth-order valence-electron chi connectivity index (χ4n) is 8.08. The second-order valence-corrected chi connectivity index (χ2v) is 9.32. The molecule has 5 fully saturated rings. The lowest BCUT2D eigenvalue weighted by Gasteiger charge is -2.52. The number of hydrogen-bond acceptors (Lipinski definition) is 0. The average molecular weight is 284 g/mol. The Bertz CT molecular complexity index is 435. The maximum atomic E-state index is 4.30. The Morgan fingerprint density at radius 3 is 2.24 bits per heavy atom. The van der Waals surface area contributed by atoms with E-state index >= 15 is 0 Å². The van der Waals surface area contributed by atoms with Crippen LogP contribution in [-0.4, -0.2) is 0 Å². The Hall–Kier alpha value is -0.260. The Morgan fingerprint density at radius 2 is 1.33 bits per heavy atom. The zero-order valence-corrected chi connectivity index (χ0v) is 13.6. The van der Waals surface area contributed by atoms with Gasteiger partial charge in [-0.3, -0.25) is 0 Å². The lowest BCUT2D eigenvalue weighted by Crippen LogP contribution is -2.44. The van der Waals surface area contributed by atoms with E-state index < -0.39 is 0 Å². The highest BCUT2D eigenvalue weighted by Gasteiger charge is 2.54. The molecule has 0 radical (unpaired) electrons. The first-order valence-electron chi connectivity index (χ1n) is 9.98. The van der Waals surface area contributed by atoms with Crippen molar-refractivity contribution in [3.05, 3.63) is 12.2 Å². The predicted octanol–water partition coefficient (Wildman–Crippen LogP) is 5.83. The molecule has 116 valence electrons. The summed E-state index contributed by atoms with van der Waals surface area (Å²) in [5, 5.41) is 0. The highest BCUT2D eigenvalue weighted by atomic mass is 14.6. The van der Waals surface area contributed by atoms with Crippen LogP contribution in [0.2, 0.25) is 0 Å². The zero-order valence-electron chi connectivity index (χ0n) is 13.6. The van der Waals surface area contributed by atoms with E-state index in [1.165, 1.54) is 25.2 Å². The maximum absolute atomic E-state index is 4.30. The first-order chi connectivity index (χ1) is 10.3. The van der Waals surface area contributed by atoms with Gasteiger partial charge in [-0.25, -0.2) is 0 Å². The van der Waals surface area contributed by atoms with Crippen molar-refractivity contribution in [3.8, 4) is 0 Å². The van der Waals surface area contributed by atoms with Gasteiger partial charge in [-0.2, -0.15) is 0 Å². The molecule has 0 aromatic rings. The molecule has 0 nitrogen and oxygen atoms in total. The van der Waals surface area contributed by atoms with Crippen molar-refractivity contribution < 1.29 is 0 Å². The van der Waals surface area contributed by atoms with Gasteiger partial charge in [0, 0.05) is 0 Å². The molecule has 0 aromatic carbocycles. The molecule has 0 aliphatic heterocycles. The first kappa shape index (κ1) is 13.2. The third-order valence-electron chi connectivity index (χ3n) is 8.73. The van der Waals surface area contributed by atoms with E-state index in [9.17, 15) is 0 Å². The predicted molar refractivity (Wildman–Crippen MR) is 87.8 cm³/mol. The standard InChI is InChI=1S/C21H32/c1-13-5-7-17-15(11-13)6-8-20-18(17)9-10-19-16-4-2-3-14(16)12-21(19)20/h14-21H,1-12H2. The molecular weight excluding hydrogens is 252 g/mol. The van der Waals surface area contributed by atoms with Crippen molar-refractivity contribution in [2.24, 2.45) is 47.3 Å². The Kier molecular flexibility index (Phi) is 3.06. The highest BCUT2D eigenvalue weighted by Crippen LogP contribution is 2.63. The third kappa shape index (κ3) is 1.93. The van der Waals surface area contributed by atoms with Crippen LogP contribution in [-0.2, 0) is 0 Å². The highest BCUT2D eigenvalue weighted by molar-refractivity contribution is 5.08. The molecule has 21 heavy (non-hydrogen) atoms. The van der Waals surface area contributed by atoms with Crippen molar-refractivity contribution in [1.29, 1.82) is 0 Å². The van der Waals surface area contributed by atoms with Crippen LogP contribution in [0.1, 0.15) is 70.6 Å². The number of rotatable bonds is 0. The smallest absolute Gasteiger partial charge is 0.0292 e. The van der Waals surface area contributed by atoms with E-state index in [-0.39, 0.29) is 0 Å². The summed E-state index contributed by atoms with van der Waals surface area (Å²) in [5.41, 5.74) is 1.57. The Morgan fingerprint density at radius 1 is 0.619 bits per heavy atom. The topological polar surface area (TPSA) is 0 Å². The van der Waals surface area contributed by atoms with Gasteiger partial charge in [-0.15, -0.1) is 0 Å². The lowest BCUT2D eigenvalue weighted by atomic mass is 9.53. The molecule has 0 heteroatoms. The third-order valence-corrected chi connectivity index (χ3v) is 8.73. The second-order valence-electron chi connectivity index (χ2n) is 9.32. The molecule has 8 unspecified atom stereocenters. The summed E-state index contributed by atoms with van der Waals surface area (Å²) < 4.78 is 0. The molecule has 5 saturated carbocycles. The summed E-state index contributed by atoms with van der Waals surface area (Å²) in [5.74, 6) is 9.03. The first-order valence-corrected chi connectivity index (χ1v) is 9.98. The minimum atomic E-state index is 1.03. The van der Waals surface area contributed by atoms with Gasteiger partial charge in [0.1, 0.15) is 0 Å². The summed E-state index contributed by atoms with van der Waals surface area (Å²) in [4.78, 5) is 0. The van der Waals surface area contributed by atoms with Crippen molar-refractivity contribution in [2.75, 3.05) is 0 Å². The molecular formula is C21H32. The monoisotopic (exact) mass is 284 g/mol. The van der Waals surface area contributed by atoms with Crippen LogP contribution in [0.3, 0.4) is 0 Å². The average Bonchev–Trinajstić information content (AvgIpc) is 3.07. The molecule has 0 bridgehead atoms. The SMILES string of the molecule is C=C1CCC2C(CCC3C2CCC2C4CCCC4CC23)C1. The van der Waals surface area contributed by atoms with Gasteiger partial charge >= 0.3 is 0 Å². The molecule has 5 aliphatic carbocycles. The van der Waals surface area contributed by atoms with E-state index in [0.717, 1.165) is 41.4 Å². The molecule has 0 amide bonds. The van der Waals surface area contributed by atoms with Crippen LogP contribution in [0.25, 0.3) is 0 Å². The van der Waals surface area contributed by atoms with E-state index in [2.05, 4.69) is 6.58 Å². The summed E-state index contributed by atoms with van der Waals surface area (Å²) in [6.07, 6.45) is 16.9. The van der Waals surface area contributed by atoms with Gasteiger partial charge in [0.2, 0.25) is 0 Å². The van der Waals surface area contributed by atoms with Crippen LogP contribution in [0.5, 0.6) is 0 Å². The normalized spacial score (nSPS) is 55.5. The summed E-state index contributed by atoms with van der Waals surface area (Å²) >= 11 is 0. The quantitative estimate of drug-likeness (QED) is 0.491. The zero-order chi connectivity index (χ0) is 14.0. The van der Waals surface area contributed by atoms with E-state index in [1.54, 1.807) is 56.9 Å². The fourth-order valence-corrected chi connectivity index (χ4v) is 8.08. The van der Waals surface area contributed by atoms with Crippen LogP contribution < -0.4 is 0 Å². The molecule has 8 atom stereocenters. The van der Waals surface area contributed by atoms with Crippen LogP contribution >= 0.6 is 0 Å². The number of hydrogen-bond donors (Lipinski definition) is 0. The maximum Gasteiger partial charge on any atom is -0.0292 e. The summed E-state index contributed by atoms with van der Waals surface area (Å²) in [6, 6.07) is 0. The minimum absolute atomic E-state index is 1.03. The van der Waals surface area contributed by atoms with Gasteiger partial charge in [0.15, 0.2) is 0 Å². The van der Waals surface area contributed by atoms with E-state index in [0.29, 0.717) is 0 Å². The van der Waals surface area contributed by atoms with Crippen LogP contribution in [0.4, 0.5) is 0 Å². The van der Waals surface area contributed by atoms with Crippen molar-refractivity contribution >= 4 is 0 Å². The Balaban J connectivity index is 1.38. The largest absolute Gasteiger partial charge is 0.0999 e. The van der Waals surface area contributed by atoms with Crippen molar-refractivity contribution in [1.82, 2.24) is 0 Å². The van der Waals surface area contributed by atoms with Gasteiger partial charge in [-0.05, 0) is 105 Å². The fraction of sp³-hybridized carbons (Fsp3) is 0.905. The van der Waals surface area contributed by atoms with Crippen molar-refractivity contribution in [3.63, 3.8) is 0 Å². The van der Waals surface area contributed by atoms with Gasteiger partial charge in [0.25, 0.3) is 0 Å². The van der Waals surface area contributed by atoms with Gasteiger partial charge in [0.05, 0.1) is 0 Å². The van der Waals surface area contributed by atoms with Gasteiger partial charge in [-0.1, -0.05) is 25.0 Å². The summed E-state index contributed by atoms with van der Waals surface area (Å²) in [6.45, 7) is 4.30. The molecule has 0 spiro atoms. The van der Waals surface area contributed by atoms with Crippen LogP contribution in [0.15, 0.2) is 12.2 Å². The van der Waals surface area contributed by atoms with E-state index in [4.69, 9.17) is 0 Å².